The minimum atomic E-state index is -0.341. The first-order chi connectivity index (χ1) is 8.70. The second kappa shape index (κ2) is 5.93. The monoisotopic (exact) mass is 310 g/mol. The molecule has 3 nitrogen and oxygen atoms in total. The third-order valence-corrected chi connectivity index (χ3v) is 3.01. The topological polar surface area (TPSA) is 34.2 Å². The normalized spacial score (nSPS) is 10.4. The van der Waals surface area contributed by atoms with Crippen molar-refractivity contribution in [3.8, 4) is 11.5 Å². The molecule has 18 heavy (non-hydrogen) atoms. The Labute approximate surface area is 113 Å². The van der Waals surface area contributed by atoms with Crippen LogP contribution in [0.15, 0.2) is 41.1 Å². The second-order valence-corrected chi connectivity index (χ2v) is 4.54. The summed E-state index contributed by atoms with van der Waals surface area (Å²) in [5, 5.41) is 3.04. The Balaban J connectivity index is 2.30. The maximum atomic E-state index is 13.2. The molecule has 0 saturated carbocycles. The number of halogens is 2. The van der Waals surface area contributed by atoms with E-state index in [1.54, 1.807) is 18.5 Å². The van der Waals surface area contributed by atoms with E-state index in [-0.39, 0.29) is 5.82 Å². The molecular weight excluding hydrogens is 299 g/mol. The Morgan fingerprint density at radius 1 is 1.33 bits per heavy atom. The van der Waals surface area contributed by atoms with Crippen LogP contribution in [0.2, 0.25) is 0 Å². The van der Waals surface area contributed by atoms with E-state index in [4.69, 9.17) is 4.74 Å². The van der Waals surface area contributed by atoms with Crippen molar-refractivity contribution < 1.29 is 9.13 Å². The van der Waals surface area contributed by atoms with Gasteiger partial charge in [-0.2, -0.15) is 0 Å². The highest BCUT2D eigenvalue weighted by Crippen LogP contribution is 2.31. The molecule has 0 spiro atoms. The van der Waals surface area contributed by atoms with Gasteiger partial charge in [-0.1, -0.05) is 0 Å². The molecule has 0 aliphatic rings. The van der Waals surface area contributed by atoms with Crippen molar-refractivity contribution in [1.29, 1.82) is 0 Å². The molecule has 1 heterocycles. The number of hydrogen-bond acceptors (Lipinski definition) is 3. The molecule has 0 aliphatic heterocycles. The molecule has 0 bridgehead atoms. The van der Waals surface area contributed by atoms with Crippen LogP contribution in [-0.2, 0) is 6.54 Å². The van der Waals surface area contributed by atoms with Gasteiger partial charge in [-0.3, -0.25) is 4.98 Å². The maximum Gasteiger partial charge on any atom is 0.150 e. The fourth-order valence-corrected chi connectivity index (χ4v) is 1.84. The van der Waals surface area contributed by atoms with E-state index < -0.39 is 0 Å². The third-order valence-electron chi connectivity index (χ3n) is 2.35. The van der Waals surface area contributed by atoms with Crippen LogP contribution < -0.4 is 10.1 Å². The van der Waals surface area contributed by atoms with Crippen LogP contribution in [0.3, 0.4) is 0 Å². The minimum Gasteiger partial charge on any atom is -0.454 e. The van der Waals surface area contributed by atoms with Crippen molar-refractivity contribution in [2.75, 3.05) is 7.05 Å². The van der Waals surface area contributed by atoms with Crippen LogP contribution in [0.25, 0.3) is 0 Å². The zero-order valence-corrected chi connectivity index (χ0v) is 11.4. The van der Waals surface area contributed by atoms with Crippen LogP contribution in [0.5, 0.6) is 11.5 Å². The van der Waals surface area contributed by atoms with Crippen LogP contribution in [0.4, 0.5) is 4.39 Å². The van der Waals surface area contributed by atoms with Gasteiger partial charge in [0.15, 0.2) is 0 Å². The van der Waals surface area contributed by atoms with Gasteiger partial charge >= 0.3 is 0 Å². The van der Waals surface area contributed by atoms with Crippen LogP contribution in [0, 0.1) is 5.82 Å². The number of nitrogens with one attached hydrogen (secondary N) is 1. The summed E-state index contributed by atoms with van der Waals surface area (Å²) in [7, 11) is 1.85. The zero-order chi connectivity index (χ0) is 13.0. The predicted octanol–water partition coefficient (Wildman–Crippen LogP) is 3.49. The number of rotatable bonds is 4. The van der Waals surface area contributed by atoms with Crippen molar-refractivity contribution in [2.45, 2.75) is 6.54 Å². The Morgan fingerprint density at radius 2 is 2.17 bits per heavy atom. The van der Waals surface area contributed by atoms with Gasteiger partial charge in [-0.15, -0.1) is 0 Å². The highest BCUT2D eigenvalue weighted by atomic mass is 79.9. The predicted molar refractivity (Wildman–Crippen MR) is 71.2 cm³/mol. The van der Waals surface area contributed by atoms with Gasteiger partial charge in [0, 0.05) is 24.4 Å². The van der Waals surface area contributed by atoms with Crippen molar-refractivity contribution in [3.63, 3.8) is 0 Å². The smallest absolute Gasteiger partial charge is 0.150 e. The molecular formula is C13H12BrFN2O. The van der Waals surface area contributed by atoms with E-state index in [1.807, 2.05) is 13.1 Å². The molecule has 5 heteroatoms. The van der Waals surface area contributed by atoms with Crippen LogP contribution in [-0.4, -0.2) is 12.0 Å². The molecule has 0 unspecified atom stereocenters. The van der Waals surface area contributed by atoms with Gasteiger partial charge in [0.2, 0.25) is 0 Å². The van der Waals surface area contributed by atoms with Gasteiger partial charge in [-0.25, -0.2) is 4.39 Å². The molecule has 2 rings (SSSR count). The van der Waals surface area contributed by atoms with Gasteiger partial charge in [0.25, 0.3) is 0 Å². The van der Waals surface area contributed by atoms with Crippen molar-refractivity contribution in [2.24, 2.45) is 0 Å². The average Bonchev–Trinajstić information content (AvgIpc) is 2.36. The number of pyridine rings is 1. The summed E-state index contributed by atoms with van der Waals surface area (Å²) in [6.07, 6.45) is 3.31. The first-order valence-corrected chi connectivity index (χ1v) is 6.20. The lowest BCUT2D eigenvalue weighted by molar-refractivity contribution is 0.463. The number of ether oxygens (including phenoxy) is 1. The lowest BCUT2D eigenvalue weighted by Gasteiger charge is -2.11. The van der Waals surface area contributed by atoms with Gasteiger partial charge in [0.05, 0.1) is 10.7 Å². The minimum absolute atomic E-state index is 0.341. The molecule has 0 amide bonds. The standard InChI is InChI=1S/C13H12BrFN2O/c1-16-7-9-4-5-17-8-13(9)18-12-6-10(15)2-3-11(12)14/h2-6,8,16H,7H2,1H3. The molecule has 1 aromatic carbocycles. The third kappa shape index (κ3) is 3.05. The molecule has 0 saturated heterocycles. The quantitative estimate of drug-likeness (QED) is 0.938. The maximum absolute atomic E-state index is 13.2. The summed E-state index contributed by atoms with van der Waals surface area (Å²) < 4.78 is 19.6. The SMILES string of the molecule is CNCc1ccncc1Oc1cc(F)ccc1Br. The first-order valence-electron chi connectivity index (χ1n) is 5.41. The summed E-state index contributed by atoms with van der Waals surface area (Å²) in [4.78, 5) is 4.01. The number of hydrogen-bond donors (Lipinski definition) is 1. The Hall–Kier alpha value is -1.46. The van der Waals surface area contributed by atoms with E-state index in [1.165, 1.54) is 12.1 Å². The zero-order valence-electron chi connectivity index (χ0n) is 9.78. The summed E-state index contributed by atoms with van der Waals surface area (Å²) in [5.74, 6) is 0.700. The fourth-order valence-electron chi connectivity index (χ4n) is 1.51. The Morgan fingerprint density at radius 3 is 2.94 bits per heavy atom. The van der Waals surface area contributed by atoms with Crippen molar-refractivity contribution >= 4 is 15.9 Å². The van der Waals surface area contributed by atoms with Gasteiger partial charge in [-0.05, 0) is 41.2 Å². The lowest BCUT2D eigenvalue weighted by atomic mass is 10.2. The molecule has 1 aromatic heterocycles. The van der Waals surface area contributed by atoms with Crippen LogP contribution >= 0.6 is 15.9 Å². The summed E-state index contributed by atoms with van der Waals surface area (Å²) >= 11 is 3.32. The molecule has 1 N–H and O–H groups in total. The van der Waals surface area contributed by atoms with Crippen LogP contribution in [0.1, 0.15) is 5.56 Å². The summed E-state index contributed by atoms with van der Waals surface area (Å²) in [5.41, 5.74) is 0.962. The lowest BCUT2D eigenvalue weighted by Crippen LogP contribution is -2.06. The molecule has 0 atom stereocenters. The van der Waals surface area contributed by atoms with Gasteiger partial charge < -0.3 is 10.1 Å². The number of aromatic nitrogens is 1. The first kappa shape index (κ1) is 13.0. The van der Waals surface area contributed by atoms with E-state index in [9.17, 15) is 4.39 Å². The average molecular weight is 311 g/mol. The second-order valence-electron chi connectivity index (χ2n) is 3.69. The van der Waals surface area contributed by atoms with E-state index in [2.05, 4.69) is 26.2 Å². The highest BCUT2D eigenvalue weighted by Gasteiger charge is 2.08. The van der Waals surface area contributed by atoms with E-state index >= 15 is 0 Å². The molecule has 94 valence electrons. The summed E-state index contributed by atoms with van der Waals surface area (Å²) in [6.45, 7) is 0.658. The largest absolute Gasteiger partial charge is 0.454 e. The number of benzene rings is 1. The Kier molecular flexibility index (Phi) is 4.28. The molecule has 0 aliphatic carbocycles. The molecule has 0 radical (unpaired) electrons. The van der Waals surface area contributed by atoms with E-state index in [0.717, 1.165) is 5.56 Å². The summed E-state index contributed by atoms with van der Waals surface area (Å²) in [6, 6.07) is 6.17. The molecule has 0 fully saturated rings. The number of nitrogens with zero attached hydrogens (tertiary/aromatic N) is 1. The Bertz CT molecular complexity index is 548. The fraction of sp³-hybridized carbons (Fsp3) is 0.154. The van der Waals surface area contributed by atoms with E-state index in [0.29, 0.717) is 22.5 Å². The van der Waals surface area contributed by atoms with Gasteiger partial charge in [0.1, 0.15) is 17.3 Å². The van der Waals surface area contributed by atoms with Crippen molar-refractivity contribution in [1.82, 2.24) is 10.3 Å². The molecule has 2 aromatic rings. The van der Waals surface area contributed by atoms with Crippen molar-refractivity contribution in [3.05, 3.63) is 52.5 Å². The highest BCUT2D eigenvalue weighted by molar-refractivity contribution is 9.10.